The Labute approximate surface area is 127 Å². The van der Waals surface area contributed by atoms with Crippen molar-refractivity contribution in [1.29, 1.82) is 0 Å². The number of carbonyl (C=O) groups excluding carboxylic acids is 1. The summed E-state index contributed by atoms with van der Waals surface area (Å²) < 4.78 is 2.08. The van der Waals surface area contributed by atoms with E-state index in [2.05, 4.69) is 22.5 Å². The zero-order chi connectivity index (χ0) is 13.9. The van der Waals surface area contributed by atoms with Crippen molar-refractivity contribution in [3.63, 3.8) is 0 Å². The third-order valence-corrected chi connectivity index (χ3v) is 5.77. The van der Waals surface area contributed by atoms with Crippen molar-refractivity contribution >= 4 is 28.9 Å². The lowest BCUT2D eigenvalue weighted by Crippen LogP contribution is -2.09. The molecule has 106 valence electrons. The van der Waals surface area contributed by atoms with Crippen LogP contribution in [0.2, 0.25) is 0 Å². The van der Waals surface area contributed by atoms with Crippen molar-refractivity contribution in [3.8, 4) is 0 Å². The number of imidazole rings is 1. The molecule has 3 rings (SSSR count). The van der Waals surface area contributed by atoms with Crippen LogP contribution in [0, 0.1) is 0 Å². The first-order valence-corrected chi connectivity index (χ1v) is 8.97. The molecule has 0 atom stereocenters. The van der Waals surface area contributed by atoms with Gasteiger partial charge in [0.1, 0.15) is 5.82 Å². The number of rotatable bonds is 5. The highest BCUT2D eigenvalue weighted by molar-refractivity contribution is 7.98. The molecule has 20 heavy (non-hydrogen) atoms. The number of carbonyl (C=O) groups is 1. The van der Waals surface area contributed by atoms with Gasteiger partial charge in [0.25, 0.3) is 0 Å². The van der Waals surface area contributed by atoms with Gasteiger partial charge in [-0.05, 0) is 30.2 Å². The predicted octanol–water partition coefficient (Wildman–Crippen LogP) is 3.57. The molecule has 0 amide bonds. The van der Waals surface area contributed by atoms with Crippen molar-refractivity contribution < 1.29 is 4.79 Å². The van der Waals surface area contributed by atoms with Crippen LogP contribution in [0.25, 0.3) is 0 Å². The highest BCUT2D eigenvalue weighted by atomic mass is 32.2. The van der Waals surface area contributed by atoms with Gasteiger partial charge >= 0.3 is 0 Å². The maximum absolute atomic E-state index is 12.4. The lowest BCUT2D eigenvalue weighted by Gasteiger charge is -2.08. The predicted molar refractivity (Wildman–Crippen MR) is 84.7 cm³/mol. The fourth-order valence-corrected chi connectivity index (χ4v) is 4.78. The van der Waals surface area contributed by atoms with E-state index in [-0.39, 0.29) is 5.78 Å². The van der Waals surface area contributed by atoms with Crippen LogP contribution in [0.15, 0.2) is 18.5 Å². The number of ketones is 1. The molecular weight excluding hydrogens is 288 g/mol. The van der Waals surface area contributed by atoms with E-state index in [0.717, 1.165) is 35.8 Å². The Kier molecular flexibility index (Phi) is 4.27. The standard InChI is InChI=1S/C15H18N2OS2/c1-2-5-17-6-4-16-15(17)9-12(18)14-8-11-10-19-7-3-13(11)20-14/h4,6,8H,2-3,5,7,9-10H2,1H3. The van der Waals surface area contributed by atoms with E-state index in [4.69, 9.17) is 0 Å². The molecule has 0 saturated carbocycles. The van der Waals surface area contributed by atoms with Gasteiger partial charge in [0.05, 0.1) is 11.3 Å². The maximum Gasteiger partial charge on any atom is 0.180 e. The van der Waals surface area contributed by atoms with Crippen LogP contribution in [-0.2, 0) is 25.1 Å². The summed E-state index contributed by atoms with van der Waals surface area (Å²) in [6.45, 7) is 3.07. The van der Waals surface area contributed by atoms with Crippen LogP contribution in [0.5, 0.6) is 0 Å². The molecule has 1 aliphatic heterocycles. The first kappa shape index (κ1) is 13.9. The minimum absolute atomic E-state index is 0.206. The zero-order valence-electron chi connectivity index (χ0n) is 11.6. The fraction of sp³-hybridized carbons (Fsp3) is 0.467. The highest BCUT2D eigenvalue weighted by Gasteiger charge is 2.18. The average molecular weight is 306 g/mol. The van der Waals surface area contributed by atoms with E-state index in [1.807, 2.05) is 18.0 Å². The monoisotopic (exact) mass is 306 g/mol. The van der Waals surface area contributed by atoms with Gasteiger partial charge in [0.15, 0.2) is 5.78 Å². The Bertz CT molecular complexity index is 592. The maximum atomic E-state index is 12.4. The van der Waals surface area contributed by atoms with Crippen molar-refractivity contribution in [2.45, 2.75) is 38.5 Å². The Morgan fingerprint density at radius 2 is 2.40 bits per heavy atom. The Morgan fingerprint density at radius 3 is 3.20 bits per heavy atom. The lowest BCUT2D eigenvalue weighted by atomic mass is 10.2. The quantitative estimate of drug-likeness (QED) is 0.792. The number of nitrogens with zero attached hydrogens (tertiary/aromatic N) is 2. The smallest absolute Gasteiger partial charge is 0.180 e. The van der Waals surface area contributed by atoms with Gasteiger partial charge in [-0.3, -0.25) is 4.79 Å². The van der Waals surface area contributed by atoms with Gasteiger partial charge in [-0.25, -0.2) is 4.98 Å². The molecular formula is C15H18N2OS2. The summed E-state index contributed by atoms with van der Waals surface area (Å²) >= 11 is 3.64. The third-order valence-electron chi connectivity index (χ3n) is 3.49. The second-order valence-electron chi connectivity index (χ2n) is 5.00. The van der Waals surface area contributed by atoms with Crippen molar-refractivity contribution in [1.82, 2.24) is 9.55 Å². The van der Waals surface area contributed by atoms with Crippen molar-refractivity contribution in [2.24, 2.45) is 0 Å². The second kappa shape index (κ2) is 6.14. The molecule has 1 aliphatic rings. The molecule has 0 spiro atoms. The Balaban J connectivity index is 1.75. The summed E-state index contributed by atoms with van der Waals surface area (Å²) in [6, 6.07) is 2.10. The van der Waals surface area contributed by atoms with Crippen LogP contribution >= 0.6 is 23.1 Å². The first-order chi connectivity index (χ1) is 9.78. The highest BCUT2D eigenvalue weighted by Crippen LogP contribution is 2.32. The zero-order valence-corrected chi connectivity index (χ0v) is 13.2. The van der Waals surface area contributed by atoms with Crippen LogP contribution < -0.4 is 0 Å². The van der Waals surface area contributed by atoms with E-state index in [9.17, 15) is 4.79 Å². The summed E-state index contributed by atoms with van der Waals surface area (Å²) in [4.78, 5) is 19.1. The van der Waals surface area contributed by atoms with Crippen molar-refractivity contribution in [3.05, 3.63) is 39.6 Å². The fourth-order valence-electron chi connectivity index (χ4n) is 2.47. The number of thioether (sulfide) groups is 1. The number of fused-ring (bicyclic) bond motifs is 1. The van der Waals surface area contributed by atoms with Crippen LogP contribution in [0.3, 0.4) is 0 Å². The van der Waals surface area contributed by atoms with E-state index < -0.39 is 0 Å². The van der Waals surface area contributed by atoms with Gasteiger partial charge in [-0.1, -0.05) is 6.92 Å². The molecule has 2 aromatic heterocycles. The minimum Gasteiger partial charge on any atom is -0.335 e. The lowest BCUT2D eigenvalue weighted by molar-refractivity contribution is 0.0993. The SMILES string of the molecule is CCCn1ccnc1CC(=O)c1cc2c(s1)CCSC2. The van der Waals surface area contributed by atoms with Crippen molar-refractivity contribution in [2.75, 3.05) is 5.75 Å². The van der Waals surface area contributed by atoms with E-state index in [1.165, 1.54) is 16.2 Å². The first-order valence-electron chi connectivity index (χ1n) is 7.00. The van der Waals surface area contributed by atoms with Gasteiger partial charge in [-0.15, -0.1) is 11.3 Å². The number of thiophene rings is 1. The molecule has 0 fully saturated rings. The summed E-state index contributed by atoms with van der Waals surface area (Å²) in [7, 11) is 0. The largest absolute Gasteiger partial charge is 0.335 e. The number of Topliss-reactive ketones (excluding diaryl/α,β-unsaturated/α-hetero) is 1. The summed E-state index contributed by atoms with van der Waals surface area (Å²) in [5.41, 5.74) is 1.37. The Hall–Kier alpha value is -1.07. The number of aromatic nitrogens is 2. The molecule has 0 radical (unpaired) electrons. The van der Waals surface area contributed by atoms with E-state index >= 15 is 0 Å². The third kappa shape index (κ3) is 2.83. The number of hydrogen-bond donors (Lipinski definition) is 0. The van der Waals surface area contributed by atoms with Gasteiger partial charge in [0, 0.05) is 29.6 Å². The molecule has 0 aliphatic carbocycles. The summed E-state index contributed by atoms with van der Waals surface area (Å²) in [5, 5.41) is 0. The molecule has 0 unspecified atom stereocenters. The van der Waals surface area contributed by atoms with Crippen LogP contribution in [-0.4, -0.2) is 21.1 Å². The molecule has 3 nitrogen and oxygen atoms in total. The molecule has 3 heterocycles. The molecule has 0 N–H and O–H groups in total. The molecule has 0 saturated heterocycles. The minimum atomic E-state index is 0.206. The molecule has 0 aromatic carbocycles. The Morgan fingerprint density at radius 1 is 1.50 bits per heavy atom. The van der Waals surface area contributed by atoms with Crippen LogP contribution in [0.1, 0.15) is 39.3 Å². The normalized spacial score (nSPS) is 14.2. The van der Waals surface area contributed by atoms with E-state index in [1.54, 1.807) is 17.5 Å². The van der Waals surface area contributed by atoms with Gasteiger partial charge < -0.3 is 4.57 Å². The summed E-state index contributed by atoms with van der Waals surface area (Å²) in [6.07, 6.45) is 6.33. The summed E-state index contributed by atoms with van der Waals surface area (Å²) in [5.74, 6) is 3.33. The van der Waals surface area contributed by atoms with Gasteiger partial charge in [0.2, 0.25) is 0 Å². The number of hydrogen-bond acceptors (Lipinski definition) is 4. The topological polar surface area (TPSA) is 34.9 Å². The molecule has 2 aromatic rings. The second-order valence-corrected chi connectivity index (χ2v) is 7.24. The number of aryl methyl sites for hydroxylation is 2. The van der Waals surface area contributed by atoms with Gasteiger partial charge in [-0.2, -0.15) is 11.8 Å². The molecule has 5 heteroatoms. The average Bonchev–Trinajstić information content (AvgIpc) is 3.06. The molecule has 0 bridgehead atoms. The van der Waals surface area contributed by atoms with E-state index in [0.29, 0.717) is 6.42 Å². The van der Waals surface area contributed by atoms with Crippen LogP contribution in [0.4, 0.5) is 0 Å².